The Balaban J connectivity index is 1.96. The number of nitrogens with two attached hydrogens (primary N) is 2. The highest BCUT2D eigenvalue weighted by Crippen LogP contribution is 2.19. The molecule has 0 aliphatic rings. The van der Waals surface area contributed by atoms with E-state index in [0.717, 1.165) is 11.1 Å². The maximum atomic E-state index is 13.9. The van der Waals surface area contributed by atoms with Crippen LogP contribution in [-0.2, 0) is 43.3 Å². The van der Waals surface area contributed by atoms with Crippen LogP contribution in [0.25, 0.3) is 0 Å². The van der Waals surface area contributed by atoms with E-state index in [1.165, 1.54) is 0 Å². The predicted octanol–water partition coefficient (Wildman–Crippen LogP) is 3.52. The molecule has 222 valence electrons. The molecular weight excluding hydrogens is 534 g/mol. The van der Waals surface area contributed by atoms with Gasteiger partial charge in [0.05, 0.1) is 12.1 Å². The zero-order valence-electron chi connectivity index (χ0n) is 24.2. The second-order valence-corrected chi connectivity index (χ2v) is 11.1. The number of benzene rings is 3. The second kappa shape index (κ2) is 15.0. The molecule has 0 radical (unpaired) electrons. The lowest BCUT2D eigenvalue weighted by atomic mass is 9.81. The lowest BCUT2D eigenvalue weighted by Crippen LogP contribution is -2.58. The summed E-state index contributed by atoms with van der Waals surface area (Å²) in [5.74, 6) is -4.20. The van der Waals surface area contributed by atoms with Crippen LogP contribution < -0.4 is 16.8 Å². The van der Waals surface area contributed by atoms with Gasteiger partial charge in [-0.25, -0.2) is 9.59 Å². The molecule has 0 fully saturated rings. The molecular formula is C33H39N3O6. The summed E-state index contributed by atoms with van der Waals surface area (Å²) in [6, 6.07) is 22.9. The first-order valence-electron chi connectivity index (χ1n) is 13.8. The van der Waals surface area contributed by atoms with Gasteiger partial charge in [-0.3, -0.25) is 9.59 Å². The van der Waals surface area contributed by atoms with Crippen molar-refractivity contribution >= 4 is 23.6 Å². The molecule has 0 saturated carbocycles. The molecule has 4 atom stereocenters. The summed E-state index contributed by atoms with van der Waals surface area (Å²) in [5.41, 5.74) is 14.0. The highest BCUT2D eigenvalue weighted by Gasteiger charge is 2.45. The zero-order valence-corrected chi connectivity index (χ0v) is 24.2. The van der Waals surface area contributed by atoms with Gasteiger partial charge in [-0.1, -0.05) is 91.0 Å². The average molecular weight is 574 g/mol. The number of amides is 1. The van der Waals surface area contributed by atoms with E-state index >= 15 is 0 Å². The molecule has 9 nitrogen and oxygen atoms in total. The first-order chi connectivity index (χ1) is 19.9. The lowest BCUT2D eigenvalue weighted by molar-refractivity contribution is -0.153. The van der Waals surface area contributed by atoms with E-state index in [0.29, 0.717) is 5.56 Å². The largest absolute Gasteiger partial charge is 0.459 e. The minimum atomic E-state index is -1.73. The van der Waals surface area contributed by atoms with E-state index in [2.05, 4.69) is 5.32 Å². The van der Waals surface area contributed by atoms with Crippen LogP contribution in [0.5, 0.6) is 0 Å². The fourth-order valence-electron chi connectivity index (χ4n) is 4.40. The van der Waals surface area contributed by atoms with E-state index in [1.54, 1.807) is 93.6 Å². The topological polar surface area (TPSA) is 151 Å². The maximum Gasteiger partial charge on any atom is 0.408 e. The highest BCUT2D eigenvalue weighted by atomic mass is 16.6. The van der Waals surface area contributed by atoms with Crippen molar-refractivity contribution in [2.75, 3.05) is 0 Å². The number of nitrogens with one attached hydrogen (secondary N) is 1. The Kier molecular flexibility index (Phi) is 11.5. The van der Waals surface area contributed by atoms with Crippen molar-refractivity contribution in [1.82, 2.24) is 5.32 Å². The van der Waals surface area contributed by atoms with Crippen molar-refractivity contribution in [2.45, 2.75) is 63.9 Å². The third-order valence-electron chi connectivity index (χ3n) is 6.42. The molecule has 1 unspecified atom stereocenters. The van der Waals surface area contributed by atoms with Gasteiger partial charge in [0.2, 0.25) is 0 Å². The monoisotopic (exact) mass is 573 g/mol. The van der Waals surface area contributed by atoms with Gasteiger partial charge >= 0.3 is 12.1 Å². The van der Waals surface area contributed by atoms with Crippen LogP contribution in [0.15, 0.2) is 91.0 Å². The summed E-state index contributed by atoms with van der Waals surface area (Å²) in [6.45, 7) is 4.80. The van der Waals surface area contributed by atoms with Gasteiger partial charge in [-0.2, -0.15) is 0 Å². The van der Waals surface area contributed by atoms with Crippen LogP contribution in [0.2, 0.25) is 0 Å². The van der Waals surface area contributed by atoms with Crippen molar-refractivity contribution in [3.05, 3.63) is 108 Å². The van der Waals surface area contributed by atoms with Crippen LogP contribution in [0, 0.1) is 5.92 Å². The molecule has 0 saturated heterocycles. The van der Waals surface area contributed by atoms with E-state index in [-0.39, 0.29) is 19.4 Å². The molecule has 42 heavy (non-hydrogen) atoms. The third kappa shape index (κ3) is 9.94. The lowest BCUT2D eigenvalue weighted by Gasteiger charge is -2.29. The minimum absolute atomic E-state index is 0.107. The van der Waals surface area contributed by atoms with Gasteiger partial charge in [0.25, 0.3) is 0 Å². The molecule has 5 N–H and O–H groups in total. The summed E-state index contributed by atoms with van der Waals surface area (Å²) >= 11 is 0. The van der Waals surface area contributed by atoms with Gasteiger partial charge in [-0.15, -0.1) is 0 Å². The normalized spacial score (nSPS) is 14.1. The summed E-state index contributed by atoms with van der Waals surface area (Å²) in [6.07, 6.45) is -0.784. The number of ether oxygens (including phenoxy) is 2. The van der Waals surface area contributed by atoms with E-state index in [4.69, 9.17) is 20.9 Å². The molecule has 0 aliphatic carbocycles. The molecule has 0 spiro atoms. The van der Waals surface area contributed by atoms with Crippen molar-refractivity contribution < 1.29 is 28.7 Å². The number of ketones is 2. The molecule has 0 heterocycles. The van der Waals surface area contributed by atoms with Gasteiger partial charge < -0.3 is 26.3 Å². The third-order valence-corrected chi connectivity index (χ3v) is 6.42. The zero-order chi connectivity index (χ0) is 30.7. The number of carbonyl (C=O) groups excluding carboxylic acids is 4. The van der Waals surface area contributed by atoms with Crippen LogP contribution in [0.1, 0.15) is 37.5 Å². The second-order valence-electron chi connectivity index (χ2n) is 11.1. The smallest absolute Gasteiger partial charge is 0.408 e. The summed E-state index contributed by atoms with van der Waals surface area (Å²) in [4.78, 5) is 54.3. The minimum Gasteiger partial charge on any atom is -0.459 e. The van der Waals surface area contributed by atoms with Crippen LogP contribution >= 0.6 is 0 Å². The van der Waals surface area contributed by atoms with Gasteiger partial charge in [-0.05, 0) is 50.3 Å². The number of alkyl carbamates (subject to hydrolysis) is 1. The molecule has 3 aromatic rings. The predicted molar refractivity (Wildman–Crippen MR) is 159 cm³/mol. The number of carbonyl (C=O) groups is 4. The molecule has 0 bridgehead atoms. The van der Waals surface area contributed by atoms with Crippen LogP contribution in [-0.4, -0.2) is 47.4 Å². The van der Waals surface area contributed by atoms with Gasteiger partial charge in [0, 0.05) is 0 Å². The molecule has 3 aromatic carbocycles. The summed E-state index contributed by atoms with van der Waals surface area (Å²) < 4.78 is 10.9. The summed E-state index contributed by atoms with van der Waals surface area (Å²) in [5, 5.41) is 2.42. The molecule has 0 aliphatic heterocycles. The SMILES string of the molecule is CC(C)(C)OC(=O)N[C@H](C(=O)OCc1ccccc1)C(C(=O)[C@H](N)Cc1ccccc1)C(=O)[C@@H](N)Cc1ccccc1. The maximum absolute atomic E-state index is 13.9. The van der Waals surface area contributed by atoms with Crippen molar-refractivity contribution in [2.24, 2.45) is 17.4 Å². The molecule has 9 heteroatoms. The Bertz CT molecular complexity index is 1270. The molecule has 3 rings (SSSR count). The number of Topliss-reactive ketones (excluding diaryl/α,β-unsaturated/α-hetero) is 2. The summed E-state index contributed by atoms with van der Waals surface area (Å²) in [7, 11) is 0. The average Bonchev–Trinajstić information content (AvgIpc) is 2.96. The van der Waals surface area contributed by atoms with Gasteiger partial charge in [0.15, 0.2) is 11.6 Å². The Morgan fingerprint density at radius 2 is 1.10 bits per heavy atom. The van der Waals surface area contributed by atoms with E-state index < -0.39 is 53.3 Å². The molecule has 1 amide bonds. The first-order valence-corrected chi connectivity index (χ1v) is 13.8. The fourth-order valence-corrected chi connectivity index (χ4v) is 4.40. The van der Waals surface area contributed by atoms with Crippen LogP contribution in [0.3, 0.4) is 0 Å². The van der Waals surface area contributed by atoms with Crippen LogP contribution in [0.4, 0.5) is 4.79 Å². The van der Waals surface area contributed by atoms with Crippen molar-refractivity contribution in [1.29, 1.82) is 0 Å². The number of rotatable bonds is 13. The Morgan fingerprint density at radius 1 is 0.690 bits per heavy atom. The van der Waals surface area contributed by atoms with Crippen molar-refractivity contribution in [3.8, 4) is 0 Å². The quantitative estimate of drug-likeness (QED) is 0.208. The Hall–Kier alpha value is -4.34. The van der Waals surface area contributed by atoms with E-state index in [1.807, 2.05) is 18.2 Å². The highest BCUT2D eigenvalue weighted by molar-refractivity contribution is 6.10. The standard InChI is InChI=1S/C33H39N3O6/c1-33(2,3)42-32(40)36-28(31(39)41-21-24-17-11-6-12-18-24)27(29(37)25(34)19-22-13-7-4-8-14-22)30(38)26(35)20-23-15-9-5-10-16-23/h4-18,25-28H,19-21,34-35H2,1-3H3,(H,36,40)/t25-,26+,27?,28-/m0/s1. The molecule has 0 aromatic heterocycles. The van der Waals surface area contributed by atoms with Gasteiger partial charge in [0.1, 0.15) is 24.2 Å². The van der Waals surface area contributed by atoms with Crippen molar-refractivity contribution in [3.63, 3.8) is 0 Å². The fraction of sp³-hybridized carbons (Fsp3) is 0.333. The first kappa shape index (κ1) is 32.2. The number of hydrogen-bond acceptors (Lipinski definition) is 8. The Labute approximate surface area is 246 Å². The number of esters is 1. The van der Waals surface area contributed by atoms with E-state index in [9.17, 15) is 19.2 Å². The Morgan fingerprint density at radius 3 is 1.50 bits per heavy atom. The number of hydrogen-bond donors (Lipinski definition) is 3.